The molecule has 1 N–H and O–H groups in total. The van der Waals surface area contributed by atoms with Crippen LogP contribution in [0.4, 0.5) is 10.1 Å². The summed E-state index contributed by atoms with van der Waals surface area (Å²) in [6.45, 7) is 6.63. The van der Waals surface area contributed by atoms with Crippen LogP contribution in [0.25, 0.3) is 0 Å². The highest BCUT2D eigenvalue weighted by atomic mass is 35.5. The SMILES string of the molecule is CC(C)N1CCCC(Nc2c(F)cccc2Cl)CC1. The van der Waals surface area contributed by atoms with E-state index in [1.807, 2.05) is 0 Å². The molecule has 1 saturated heterocycles. The molecule has 1 fully saturated rings. The van der Waals surface area contributed by atoms with E-state index in [1.54, 1.807) is 12.1 Å². The lowest BCUT2D eigenvalue weighted by molar-refractivity contribution is 0.230. The zero-order chi connectivity index (χ0) is 13.8. The van der Waals surface area contributed by atoms with E-state index in [0.717, 1.165) is 32.4 Å². The molecule has 1 aliphatic heterocycles. The van der Waals surface area contributed by atoms with Crippen molar-refractivity contribution in [1.82, 2.24) is 4.90 Å². The molecule has 1 aromatic rings. The van der Waals surface area contributed by atoms with Gasteiger partial charge in [0, 0.05) is 18.6 Å². The van der Waals surface area contributed by atoms with Gasteiger partial charge in [-0.15, -0.1) is 0 Å². The van der Waals surface area contributed by atoms with E-state index in [0.29, 0.717) is 22.8 Å². The van der Waals surface area contributed by atoms with Crippen LogP contribution in [0, 0.1) is 5.82 Å². The average Bonchev–Trinajstić information content (AvgIpc) is 2.59. The summed E-state index contributed by atoms with van der Waals surface area (Å²) < 4.78 is 13.8. The number of nitrogens with zero attached hydrogens (tertiary/aromatic N) is 1. The van der Waals surface area contributed by atoms with Gasteiger partial charge in [0.2, 0.25) is 0 Å². The third-order valence-corrected chi connectivity index (χ3v) is 4.12. The molecular formula is C15H22ClFN2. The quantitative estimate of drug-likeness (QED) is 0.897. The van der Waals surface area contributed by atoms with Crippen LogP contribution in [0.5, 0.6) is 0 Å². The predicted octanol–water partition coefficient (Wildman–Crippen LogP) is 4.15. The molecule has 0 saturated carbocycles. The first kappa shape index (κ1) is 14.6. The van der Waals surface area contributed by atoms with Crippen molar-refractivity contribution in [2.45, 2.75) is 45.2 Å². The number of rotatable bonds is 3. The maximum Gasteiger partial charge on any atom is 0.147 e. The van der Waals surface area contributed by atoms with E-state index in [9.17, 15) is 4.39 Å². The summed E-state index contributed by atoms with van der Waals surface area (Å²) in [7, 11) is 0. The molecule has 106 valence electrons. The fourth-order valence-electron chi connectivity index (χ4n) is 2.62. The molecule has 2 nitrogen and oxygen atoms in total. The van der Waals surface area contributed by atoms with Crippen molar-refractivity contribution < 1.29 is 4.39 Å². The smallest absolute Gasteiger partial charge is 0.147 e. The normalized spacial score (nSPS) is 21.4. The first-order valence-electron chi connectivity index (χ1n) is 7.02. The molecule has 1 heterocycles. The summed E-state index contributed by atoms with van der Waals surface area (Å²) >= 11 is 6.06. The summed E-state index contributed by atoms with van der Waals surface area (Å²) in [5.41, 5.74) is 0.451. The topological polar surface area (TPSA) is 15.3 Å². The van der Waals surface area contributed by atoms with E-state index >= 15 is 0 Å². The number of halogens is 2. The largest absolute Gasteiger partial charge is 0.379 e. The fourth-order valence-corrected chi connectivity index (χ4v) is 2.84. The molecule has 0 radical (unpaired) electrons. The molecule has 0 aliphatic carbocycles. The van der Waals surface area contributed by atoms with Crippen molar-refractivity contribution in [3.63, 3.8) is 0 Å². The Labute approximate surface area is 119 Å². The van der Waals surface area contributed by atoms with Gasteiger partial charge >= 0.3 is 0 Å². The summed E-state index contributed by atoms with van der Waals surface area (Å²) in [5.74, 6) is -0.266. The molecule has 0 bridgehead atoms. The molecule has 1 atom stereocenters. The molecule has 0 amide bonds. The van der Waals surface area contributed by atoms with Crippen LogP contribution in [0.2, 0.25) is 5.02 Å². The number of anilines is 1. The van der Waals surface area contributed by atoms with Gasteiger partial charge < -0.3 is 10.2 Å². The van der Waals surface area contributed by atoms with Crippen LogP contribution in [0.1, 0.15) is 33.1 Å². The van der Waals surface area contributed by atoms with Gasteiger partial charge in [0.25, 0.3) is 0 Å². The minimum Gasteiger partial charge on any atom is -0.379 e. The molecular weight excluding hydrogens is 263 g/mol. The zero-order valence-electron chi connectivity index (χ0n) is 11.6. The first-order chi connectivity index (χ1) is 9.08. The maximum atomic E-state index is 13.8. The molecule has 2 rings (SSSR count). The average molecular weight is 285 g/mol. The Morgan fingerprint density at radius 2 is 2.11 bits per heavy atom. The summed E-state index contributed by atoms with van der Waals surface area (Å²) in [6, 6.07) is 5.69. The Morgan fingerprint density at radius 1 is 1.32 bits per heavy atom. The molecule has 1 unspecified atom stereocenters. The lowest BCUT2D eigenvalue weighted by Crippen LogP contribution is -2.32. The summed E-state index contributed by atoms with van der Waals surface area (Å²) in [4.78, 5) is 2.48. The number of para-hydroxylation sites is 1. The number of likely N-dealkylation sites (tertiary alicyclic amines) is 1. The van der Waals surface area contributed by atoms with Gasteiger partial charge in [0.15, 0.2) is 0 Å². The Bertz CT molecular complexity index is 402. The van der Waals surface area contributed by atoms with Crippen LogP contribution in [-0.2, 0) is 0 Å². The predicted molar refractivity (Wildman–Crippen MR) is 79.4 cm³/mol. The van der Waals surface area contributed by atoms with Gasteiger partial charge in [-0.05, 0) is 51.8 Å². The highest BCUT2D eigenvalue weighted by Crippen LogP contribution is 2.27. The first-order valence-corrected chi connectivity index (χ1v) is 7.40. The Morgan fingerprint density at radius 3 is 2.79 bits per heavy atom. The van der Waals surface area contributed by atoms with Crippen LogP contribution >= 0.6 is 11.6 Å². The third kappa shape index (κ3) is 3.83. The summed E-state index contributed by atoms with van der Waals surface area (Å²) in [6.07, 6.45) is 3.23. The number of nitrogens with one attached hydrogen (secondary N) is 1. The van der Waals surface area contributed by atoms with E-state index in [4.69, 9.17) is 11.6 Å². The fraction of sp³-hybridized carbons (Fsp3) is 0.600. The Hall–Kier alpha value is -0.800. The molecule has 19 heavy (non-hydrogen) atoms. The molecule has 0 aromatic heterocycles. The van der Waals surface area contributed by atoms with Crippen molar-refractivity contribution in [2.24, 2.45) is 0 Å². The Balaban J connectivity index is 2.00. The highest BCUT2D eigenvalue weighted by molar-refractivity contribution is 6.33. The van der Waals surface area contributed by atoms with Crippen molar-refractivity contribution in [3.05, 3.63) is 29.0 Å². The van der Waals surface area contributed by atoms with E-state index < -0.39 is 0 Å². The zero-order valence-corrected chi connectivity index (χ0v) is 12.4. The second-order valence-electron chi connectivity index (χ2n) is 5.50. The van der Waals surface area contributed by atoms with E-state index in [-0.39, 0.29) is 5.82 Å². The number of hydrogen-bond donors (Lipinski definition) is 1. The van der Waals surface area contributed by atoms with Crippen LogP contribution in [0.3, 0.4) is 0 Å². The van der Waals surface area contributed by atoms with Gasteiger partial charge in [-0.3, -0.25) is 0 Å². The third-order valence-electron chi connectivity index (χ3n) is 3.80. The Kier molecular flexibility index (Phi) is 5.06. The van der Waals surface area contributed by atoms with Gasteiger partial charge in [0.1, 0.15) is 5.82 Å². The molecule has 0 spiro atoms. The molecule has 1 aliphatic rings. The van der Waals surface area contributed by atoms with E-state index in [1.165, 1.54) is 6.07 Å². The maximum absolute atomic E-state index is 13.8. The number of hydrogen-bond acceptors (Lipinski definition) is 2. The lowest BCUT2D eigenvalue weighted by atomic mass is 10.1. The number of benzene rings is 1. The summed E-state index contributed by atoms with van der Waals surface area (Å²) in [5, 5.41) is 3.75. The minimum absolute atomic E-state index is 0.266. The van der Waals surface area contributed by atoms with Gasteiger partial charge in [0.05, 0.1) is 10.7 Å². The molecule has 1 aromatic carbocycles. The van der Waals surface area contributed by atoms with Crippen LogP contribution in [0.15, 0.2) is 18.2 Å². The van der Waals surface area contributed by atoms with Crippen molar-refractivity contribution in [1.29, 1.82) is 0 Å². The second-order valence-corrected chi connectivity index (χ2v) is 5.91. The van der Waals surface area contributed by atoms with Gasteiger partial charge in [-0.2, -0.15) is 0 Å². The van der Waals surface area contributed by atoms with Crippen molar-refractivity contribution in [2.75, 3.05) is 18.4 Å². The van der Waals surface area contributed by atoms with Gasteiger partial charge in [-0.1, -0.05) is 17.7 Å². The molecule has 4 heteroatoms. The second kappa shape index (κ2) is 6.58. The minimum atomic E-state index is -0.266. The van der Waals surface area contributed by atoms with E-state index in [2.05, 4.69) is 24.1 Å². The van der Waals surface area contributed by atoms with Crippen LogP contribution < -0.4 is 5.32 Å². The monoisotopic (exact) mass is 284 g/mol. The van der Waals surface area contributed by atoms with Crippen LogP contribution in [-0.4, -0.2) is 30.1 Å². The standard InChI is InChI=1S/C15H22ClFN2/c1-11(2)19-9-4-5-12(8-10-19)18-15-13(16)6-3-7-14(15)17/h3,6-7,11-12,18H,4-5,8-10H2,1-2H3. The van der Waals surface area contributed by atoms with Gasteiger partial charge in [-0.25, -0.2) is 4.39 Å². The van der Waals surface area contributed by atoms with Crippen molar-refractivity contribution >= 4 is 17.3 Å². The van der Waals surface area contributed by atoms with Crippen molar-refractivity contribution in [3.8, 4) is 0 Å². The highest BCUT2D eigenvalue weighted by Gasteiger charge is 2.20. The lowest BCUT2D eigenvalue weighted by Gasteiger charge is -2.24.